The molecule has 0 atom stereocenters. The molecule has 0 rings (SSSR count). The Morgan fingerprint density at radius 2 is 1.40 bits per heavy atom. The van der Waals surface area contributed by atoms with Gasteiger partial charge in [-0.1, -0.05) is 46.6 Å². The summed E-state index contributed by atoms with van der Waals surface area (Å²) < 4.78 is 4.89. The molecule has 0 aromatic rings. The quantitative estimate of drug-likeness (QED) is 0.256. The Morgan fingerprint density at radius 3 is 1.75 bits per heavy atom. The molecule has 3 heteroatoms. The zero-order chi connectivity index (χ0) is 15.3. The molecule has 0 unspecified atom stereocenters. The van der Waals surface area contributed by atoms with Gasteiger partial charge in [-0.2, -0.15) is 0 Å². The Morgan fingerprint density at radius 1 is 0.950 bits per heavy atom. The molecule has 20 heavy (non-hydrogen) atoms. The maximum Gasteiger partial charge on any atom is 0.314 e. The Balaban J connectivity index is 4.64. The molecule has 0 spiro atoms. The van der Waals surface area contributed by atoms with E-state index in [0.717, 1.165) is 6.16 Å². The van der Waals surface area contributed by atoms with Crippen molar-refractivity contribution in [1.82, 2.24) is 0 Å². The first-order valence-corrected chi connectivity index (χ1v) is 10.8. The van der Waals surface area contributed by atoms with E-state index in [0.29, 0.717) is 6.42 Å². The lowest BCUT2D eigenvalue weighted by Crippen LogP contribution is -2.15. The van der Waals surface area contributed by atoms with Crippen LogP contribution in [0.2, 0.25) is 0 Å². The summed E-state index contributed by atoms with van der Waals surface area (Å²) in [5, 5.41) is 0. The van der Waals surface area contributed by atoms with Gasteiger partial charge in [-0.15, -0.1) is 0 Å². The molecule has 0 bridgehead atoms. The molecule has 0 saturated carbocycles. The summed E-state index contributed by atoms with van der Waals surface area (Å²) in [6.07, 6.45) is 14.8. The molecule has 0 amide bonds. The van der Waals surface area contributed by atoms with Gasteiger partial charge in [-0.25, -0.2) is 0 Å². The molecule has 2 nitrogen and oxygen atoms in total. The molecule has 118 valence electrons. The molecule has 0 aliphatic rings. The number of ether oxygens (including phenoxy) is 1. The van der Waals surface area contributed by atoms with Crippen molar-refractivity contribution in [2.45, 2.75) is 65.7 Å². The summed E-state index contributed by atoms with van der Waals surface area (Å²) in [6, 6.07) is 0. The van der Waals surface area contributed by atoms with Crippen LogP contribution < -0.4 is 0 Å². The Kier molecular flexibility index (Phi) is 12.2. The third-order valence-corrected chi connectivity index (χ3v) is 8.93. The third-order valence-electron chi connectivity index (χ3n) is 3.96. The van der Waals surface area contributed by atoms with E-state index in [9.17, 15) is 4.79 Å². The van der Waals surface area contributed by atoms with Gasteiger partial charge in [0.25, 0.3) is 0 Å². The molecule has 0 aliphatic carbocycles. The van der Waals surface area contributed by atoms with Gasteiger partial charge in [-0.05, 0) is 19.3 Å². The van der Waals surface area contributed by atoms with Crippen LogP contribution in [0.5, 0.6) is 0 Å². The number of carbonyl (C=O) groups excluding carboxylic acids is 1. The SMILES string of the molecule is C=COC(=O)CC[P+](CCCC)(CCCC)CCCC. The van der Waals surface area contributed by atoms with Crippen molar-refractivity contribution in [3.63, 3.8) is 0 Å². The topological polar surface area (TPSA) is 26.3 Å². The molecule has 0 radical (unpaired) electrons. The van der Waals surface area contributed by atoms with E-state index in [4.69, 9.17) is 4.74 Å². The van der Waals surface area contributed by atoms with E-state index in [1.807, 2.05) is 0 Å². The highest BCUT2D eigenvalue weighted by molar-refractivity contribution is 7.75. The minimum Gasteiger partial charge on any atom is -0.435 e. The van der Waals surface area contributed by atoms with Crippen molar-refractivity contribution < 1.29 is 9.53 Å². The van der Waals surface area contributed by atoms with E-state index >= 15 is 0 Å². The molecular weight excluding hydrogens is 267 g/mol. The number of hydrogen-bond acceptors (Lipinski definition) is 2. The van der Waals surface area contributed by atoms with Gasteiger partial charge in [0.15, 0.2) is 0 Å². The van der Waals surface area contributed by atoms with Crippen LogP contribution in [0.25, 0.3) is 0 Å². The predicted octanol–water partition coefficient (Wildman–Crippen LogP) is 5.48. The van der Waals surface area contributed by atoms with E-state index < -0.39 is 7.26 Å². The first-order valence-electron chi connectivity index (χ1n) is 8.29. The summed E-state index contributed by atoms with van der Waals surface area (Å²) >= 11 is 0. The Bertz CT molecular complexity index is 242. The fourth-order valence-corrected chi connectivity index (χ4v) is 7.59. The van der Waals surface area contributed by atoms with Crippen molar-refractivity contribution >= 4 is 13.2 Å². The lowest BCUT2D eigenvalue weighted by Gasteiger charge is -2.27. The fraction of sp³-hybridized carbons (Fsp3) is 0.824. The van der Waals surface area contributed by atoms with Crippen molar-refractivity contribution in [3.8, 4) is 0 Å². The average Bonchev–Trinajstić information content (AvgIpc) is 2.46. The van der Waals surface area contributed by atoms with Gasteiger partial charge in [-0.3, -0.25) is 4.79 Å². The smallest absolute Gasteiger partial charge is 0.314 e. The molecule has 0 heterocycles. The van der Waals surface area contributed by atoms with Crippen LogP contribution in [0, 0.1) is 0 Å². The number of carbonyl (C=O) groups is 1. The minimum atomic E-state index is -0.958. The zero-order valence-corrected chi connectivity index (χ0v) is 14.7. The van der Waals surface area contributed by atoms with Gasteiger partial charge in [0.05, 0.1) is 37.3 Å². The molecule has 0 fully saturated rings. The van der Waals surface area contributed by atoms with Crippen molar-refractivity contribution in [1.29, 1.82) is 0 Å². The highest BCUT2D eigenvalue weighted by Gasteiger charge is 2.35. The summed E-state index contributed by atoms with van der Waals surface area (Å²) in [6.45, 7) is 10.3. The fourth-order valence-electron chi connectivity index (χ4n) is 2.63. The van der Waals surface area contributed by atoms with Crippen LogP contribution in [-0.4, -0.2) is 30.6 Å². The maximum atomic E-state index is 11.6. The van der Waals surface area contributed by atoms with Crippen LogP contribution in [0.15, 0.2) is 12.8 Å². The number of esters is 1. The van der Waals surface area contributed by atoms with E-state index in [-0.39, 0.29) is 5.97 Å². The predicted molar refractivity (Wildman–Crippen MR) is 92.0 cm³/mol. The normalized spacial score (nSPS) is 11.3. The number of hydrogen-bond donors (Lipinski definition) is 0. The van der Waals surface area contributed by atoms with Crippen molar-refractivity contribution in [3.05, 3.63) is 12.8 Å². The van der Waals surface area contributed by atoms with E-state index in [1.165, 1.54) is 63.3 Å². The molecule has 0 N–H and O–H groups in total. The van der Waals surface area contributed by atoms with Gasteiger partial charge in [0, 0.05) is 7.26 Å². The van der Waals surface area contributed by atoms with Crippen molar-refractivity contribution in [2.24, 2.45) is 0 Å². The lowest BCUT2D eigenvalue weighted by molar-refractivity contribution is -0.137. The third kappa shape index (κ3) is 8.74. The molecule has 0 saturated heterocycles. The summed E-state index contributed by atoms with van der Waals surface area (Å²) in [5.74, 6) is -0.103. The van der Waals surface area contributed by atoms with Gasteiger partial charge in [0.2, 0.25) is 0 Å². The first-order chi connectivity index (χ1) is 9.64. The van der Waals surface area contributed by atoms with Gasteiger partial charge >= 0.3 is 5.97 Å². The molecule has 0 aliphatic heterocycles. The van der Waals surface area contributed by atoms with Crippen LogP contribution in [0.1, 0.15) is 65.7 Å². The van der Waals surface area contributed by atoms with Crippen molar-refractivity contribution in [2.75, 3.05) is 24.6 Å². The van der Waals surface area contributed by atoms with Crippen LogP contribution in [-0.2, 0) is 9.53 Å². The summed E-state index contributed by atoms with van der Waals surface area (Å²) in [7, 11) is -0.958. The highest BCUT2D eigenvalue weighted by atomic mass is 31.2. The molecular formula is C17H34O2P+. The molecule has 0 aromatic heterocycles. The number of unbranched alkanes of at least 4 members (excludes halogenated alkanes) is 3. The first kappa shape index (κ1) is 19.6. The van der Waals surface area contributed by atoms with E-state index in [2.05, 4.69) is 27.4 Å². The maximum absolute atomic E-state index is 11.6. The largest absolute Gasteiger partial charge is 0.435 e. The second-order valence-corrected chi connectivity index (χ2v) is 10.2. The standard InChI is InChI=1S/C17H34O2P/c1-5-9-13-20(14-10-6-2,15-11-7-3)16-12-17(18)19-8-4/h8H,4-7,9-16H2,1-3H3/q+1. The Hall–Kier alpha value is -0.360. The van der Waals surface area contributed by atoms with Crippen LogP contribution >= 0.6 is 7.26 Å². The lowest BCUT2D eigenvalue weighted by atomic mass is 10.4. The van der Waals surface area contributed by atoms with Crippen LogP contribution in [0.4, 0.5) is 0 Å². The van der Waals surface area contributed by atoms with Crippen LogP contribution in [0.3, 0.4) is 0 Å². The second kappa shape index (κ2) is 12.4. The molecule has 0 aromatic carbocycles. The highest BCUT2D eigenvalue weighted by Crippen LogP contribution is 2.61. The van der Waals surface area contributed by atoms with E-state index in [1.54, 1.807) is 0 Å². The van der Waals surface area contributed by atoms with Gasteiger partial charge < -0.3 is 4.74 Å². The summed E-state index contributed by atoms with van der Waals surface area (Å²) in [5.41, 5.74) is 0. The van der Waals surface area contributed by atoms with Gasteiger partial charge in [0.1, 0.15) is 0 Å². The summed E-state index contributed by atoms with van der Waals surface area (Å²) in [4.78, 5) is 11.6. The number of rotatable bonds is 13. The minimum absolute atomic E-state index is 0.103. The monoisotopic (exact) mass is 301 g/mol. The Labute approximate surface area is 126 Å². The average molecular weight is 301 g/mol. The zero-order valence-electron chi connectivity index (χ0n) is 13.8. The second-order valence-electron chi connectivity index (χ2n) is 5.70.